The van der Waals surface area contributed by atoms with Crippen LogP contribution in [0.15, 0.2) is 24.3 Å². The molecule has 0 spiro atoms. The first kappa shape index (κ1) is 14.8. The summed E-state index contributed by atoms with van der Waals surface area (Å²) in [5, 5.41) is 4.65. The number of carbonyl (C=O) groups is 1. The highest BCUT2D eigenvalue weighted by atomic mass is 35.5. The van der Waals surface area contributed by atoms with Gasteiger partial charge < -0.3 is 4.90 Å². The van der Waals surface area contributed by atoms with Crippen LogP contribution in [0, 0.1) is 6.92 Å². The van der Waals surface area contributed by atoms with Gasteiger partial charge in [-0.15, -0.1) is 5.10 Å². The zero-order chi connectivity index (χ0) is 14.8. The van der Waals surface area contributed by atoms with E-state index in [9.17, 15) is 4.79 Å². The van der Waals surface area contributed by atoms with Crippen LogP contribution in [0.5, 0.6) is 0 Å². The molecule has 4 nitrogen and oxygen atoms in total. The van der Waals surface area contributed by atoms with Crippen LogP contribution in [0.25, 0.3) is 0 Å². The van der Waals surface area contributed by atoms with Crippen molar-refractivity contribution in [3.63, 3.8) is 0 Å². The zero-order valence-electron chi connectivity index (χ0n) is 11.5. The fourth-order valence-corrected chi connectivity index (χ4v) is 4.19. The van der Waals surface area contributed by atoms with Gasteiger partial charge in [-0.1, -0.05) is 28.2 Å². The molecule has 1 atom stereocenters. The summed E-state index contributed by atoms with van der Waals surface area (Å²) in [4.78, 5) is 15.3. The van der Waals surface area contributed by atoms with Gasteiger partial charge in [-0.2, -0.15) is 11.8 Å². The van der Waals surface area contributed by atoms with E-state index >= 15 is 0 Å². The Balaban J connectivity index is 1.89. The van der Waals surface area contributed by atoms with Gasteiger partial charge >= 0.3 is 0 Å². The molecule has 0 unspecified atom stereocenters. The molecule has 0 aliphatic carbocycles. The molecule has 0 saturated carbocycles. The zero-order valence-corrected chi connectivity index (χ0v) is 13.8. The van der Waals surface area contributed by atoms with Gasteiger partial charge in [0.05, 0.1) is 11.7 Å². The molecule has 1 saturated heterocycles. The third-order valence-electron chi connectivity index (χ3n) is 3.49. The molecular formula is C14H14ClN3OS2. The number of benzene rings is 1. The van der Waals surface area contributed by atoms with Gasteiger partial charge in [-0.25, -0.2) is 0 Å². The number of aryl methyl sites for hydroxylation is 1. The van der Waals surface area contributed by atoms with E-state index in [4.69, 9.17) is 11.6 Å². The van der Waals surface area contributed by atoms with Gasteiger partial charge in [-0.05, 0) is 36.2 Å². The third kappa shape index (κ3) is 3.07. The van der Waals surface area contributed by atoms with Gasteiger partial charge in [0.2, 0.25) is 0 Å². The summed E-state index contributed by atoms with van der Waals surface area (Å²) in [5.41, 5.74) is 1.83. The molecular weight excluding hydrogens is 326 g/mol. The minimum Gasteiger partial charge on any atom is -0.329 e. The van der Waals surface area contributed by atoms with Crippen molar-refractivity contribution in [1.29, 1.82) is 0 Å². The topological polar surface area (TPSA) is 46.1 Å². The first-order valence-corrected chi connectivity index (χ1v) is 8.90. The molecule has 7 heteroatoms. The van der Waals surface area contributed by atoms with E-state index in [1.54, 1.807) is 0 Å². The number of aromatic nitrogens is 2. The van der Waals surface area contributed by atoms with E-state index in [2.05, 4.69) is 9.59 Å². The number of halogens is 1. The summed E-state index contributed by atoms with van der Waals surface area (Å²) >= 11 is 8.99. The molecule has 3 rings (SSSR count). The molecule has 1 aliphatic rings. The lowest BCUT2D eigenvalue weighted by molar-refractivity contribution is 0.0705. The van der Waals surface area contributed by atoms with Crippen LogP contribution in [0.4, 0.5) is 0 Å². The minimum absolute atomic E-state index is 0.0303. The number of hydrogen-bond donors (Lipinski definition) is 0. The SMILES string of the molecule is Cc1nnsc1C(=O)N1CCSC[C@H]1c1ccc(Cl)cc1. The molecule has 0 N–H and O–H groups in total. The van der Waals surface area contributed by atoms with E-state index in [0.29, 0.717) is 15.6 Å². The van der Waals surface area contributed by atoms with E-state index in [1.165, 1.54) is 11.5 Å². The summed E-state index contributed by atoms with van der Waals surface area (Å²) in [6.07, 6.45) is 0. The average molecular weight is 340 g/mol. The van der Waals surface area contributed by atoms with Crippen LogP contribution in [0.3, 0.4) is 0 Å². The second-order valence-corrected chi connectivity index (χ2v) is 7.17. The molecule has 1 amide bonds. The van der Waals surface area contributed by atoms with Gasteiger partial charge in [0, 0.05) is 23.1 Å². The molecule has 21 heavy (non-hydrogen) atoms. The first-order valence-electron chi connectivity index (χ1n) is 6.60. The van der Waals surface area contributed by atoms with E-state index in [0.717, 1.165) is 23.6 Å². The summed E-state index contributed by atoms with van der Waals surface area (Å²) in [5.74, 6) is 1.89. The summed E-state index contributed by atoms with van der Waals surface area (Å²) in [6.45, 7) is 2.57. The van der Waals surface area contributed by atoms with Crippen molar-refractivity contribution in [2.24, 2.45) is 0 Å². The number of nitrogens with zero attached hydrogens (tertiary/aromatic N) is 3. The van der Waals surface area contributed by atoms with Crippen molar-refractivity contribution < 1.29 is 4.79 Å². The van der Waals surface area contributed by atoms with E-state index < -0.39 is 0 Å². The standard InChI is InChI=1S/C14H14ClN3OS2/c1-9-13(21-17-16-9)14(19)18-6-7-20-8-12(18)10-2-4-11(15)5-3-10/h2-5,12H,6-8H2,1H3/t12-/m0/s1. The largest absolute Gasteiger partial charge is 0.329 e. The highest BCUT2D eigenvalue weighted by Crippen LogP contribution is 2.32. The Kier molecular flexibility index (Phi) is 4.47. The second-order valence-electron chi connectivity index (χ2n) is 4.83. The van der Waals surface area contributed by atoms with Crippen molar-refractivity contribution in [3.8, 4) is 0 Å². The van der Waals surface area contributed by atoms with Crippen molar-refractivity contribution in [2.75, 3.05) is 18.1 Å². The summed E-state index contributed by atoms with van der Waals surface area (Å²) < 4.78 is 3.87. The summed E-state index contributed by atoms with van der Waals surface area (Å²) in [7, 11) is 0. The highest BCUT2D eigenvalue weighted by molar-refractivity contribution is 7.99. The number of carbonyl (C=O) groups excluding carboxylic acids is 1. The Labute approximate surface area is 136 Å². The number of thioether (sulfide) groups is 1. The fourth-order valence-electron chi connectivity index (χ4n) is 2.37. The van der Waals surface area contributed by atoms with Crippen LogP contribution >= 0.6 is 34.9 Å². The number of rotatable bonds is 2. The predicted octanol–water partition coefficient (Wildman–Crippen LogP) is 3.43. The third-order valence-corrected chi connectivity index (χ3v) is 5.58. The van der Waals surface area contributed by atoms with Crippen molar-refractivity contribution in [3.05, 3.63) is 45.4 Å². The Morgan fingerprint density at radius 2 is 2.14 bits per heavy atom. The Bertz CT molecular complexity index is 644. The lowest BCUT2D eigenvalue weighted by Gasteiger charge is -2.35. The monoisotopic (exact) mass is 339 g/mol. The maximum atomic E-state index is 12.8. The lowest BCUT2D eigenvalue weighted by Crippen LogP contribution is -2.40. The van der Waals surface area contributed by atoms with Crippen LogP contribution in [0.1, 0.15) is 27.0 Å². The summed E-state index contributed by atoms with van der Waals surface area (Å²) in [6, 6.07) is 7.82. The van der Waals surface area contributed by atoms with Crippen LogP contribution in [-0.4, -0.2) is 38.4 Å². The quantitative estimate of drug-likeness (QED) is 0.841. The van der Waals surface area contributed by atoms with Crippen LogP contribution in [0.2, 0.25) is 5.02 Å². The molecule has 110 valence electrons. The Hall–Kier alpha value is -1.11. The highest BCUT2D eigenvalue weighted by Gasteiger charge is 2.30. The number of hydrogen-bond acceptors (Lipinski definition) is 5. The average Bonchev–Trinajstić information content (AvgIpc) is 2.93. The normalized spacial score (nSPS) is 18.8. The Morgan fingerprint density at radius 1 is 1.38 bits per heavy atom. The second kappa shape index (κ2) is 6.34. The molecule has 2 heterocycles. The predicted molar refractivity (Wildman–Crippen MR) is 87.2 cm³/mol. The van der Waals surface area contributed by atoms with Gasteiger partial charge in [0.1, 0.15) is 4.88 Å². The van der Waals surface area contributed by atoms with Crippen molar-refractivity contribution >= 4 is 40.8 Å². The van der Waals surface area contributed by atoms with Gasteiger partial charge in [0.15, 0.2) is 0 Å². The minimum atomic E-state index is 0.0303. The molecule has 1 fully saturated rings. The maximum Gasteiger partial charge on any atom is 0.268 e. The van der Waals surface area contributed by atoms with Crippen molar-refractivity contribution in [2.45, 2.75) is 13.0 Å². The molecule has 1 aliphatic heterocycles. The Morgan fingerprint density at radius 3 is 2.81 bits per heavy atom. The van der Waals surface area contributed by atoms with Gasteiger partial charge in [0.25, 0.3) is 5.91 Å². The molecule has 1 aromatic carbocycles. The van der Waals surface area contributed by atoms with Gasteiger partial charge in [-0.3, -0.25) is 4.79 Å². The fraction of sp³-hybridized carbons (Fsp3) is 0.357. The smallest absolute Gasteiger partial charge is 0.268 e. The van der Waals surface area contributed by atoms with E-state index in [1.807, 2.05) is 47.9 Å². The molecule has 2 aromatic rings. The van der Waals surface area contributed by atoms with Crippen molar-refractivity contribution in [1.82, 2.24) is 14.5 Å². The lowest BCUT2D eigenvalue weighted by atomic mass is 10.1. The first-order chi connectivity index (χ1) is 10.2. The molecule has 1 aromatic heterocycles. The van der Waals surface area contributed by atoms with E-state index in [-0.39, 0.29) is 11.9 Å². The maximum absolute atomic E-state index is 12.8. The van der Waals surface area contributed by atoms with Crippen LogP contribution in [-0.2, 0) is 0 Å². The van der Waals surface area contributed by atoms with Crippen LogP contribution < -0.4 is 0 Å². The molecule has 0 bridgehead atoms. The molecule has 0 radical (unpaired) electrons. The number of amides is 1.